The van der Waals surface area contributed by atoms with Gasteiger partial charge >= 0.3 is 0 Å². The van der Waals surface area contributed by atoms with E-state index in [-0.39, 0.29) is 24.4 Å². The molecule has 0 radical (unpaired) electrons. The molecule has 0 spiro atoms. The minimum atomic E-state index is -0.0258. The number of hydrogen-bond donors (Lipinski definition) is 2. The monoisotopic (exact) mass is 622 g/mol. The highest BCUT2D eigenvalue weighted by Gasteiger charge is 2.67. The van der Waals surface area contributed by atoms with E-state index in [1.165, 1.54) is 44.2 Å². The molecule has 2 heterocycles. The van der Waals surface area contributed by atoms with E-state index in [1.807, 2.05) is 18.5 Å². The van der Waals surface area contributed by atoms with Gasteiger partial charge in [-0.15, -0.1) is 0 Å². The van der Waals surface area contributed by atoms with Gasteiger partial charge in [0, 0.05) is 37.4 Å². The zero-order valence-electron chi connectivity index (χ0n) is 28.6. The van der Waals surface area contributed by atoms with Gasteiger partial charge in [0.2, 0.25) is 0 Å². The maximum Gasteiger partial charge on any atom is 0.0705 e. The fraction of sp³-hybridized carbons (Fsp3) is 0.838. The van der Waals surface area contributed by atoms with E-state index < -0.39 is 0 Å². The van der Waals surface area contributed by atoms with Crippen LogP contribution in [-0.2, 0) is 22.6 Å². The molecule has 8 nitrogen and oxygen atoms in total. The van der Waals surface area contributed by atoms with Crippen LogP contribution in [0.1, 0.15) is 110 Å². The van der Waals surface area contributed by atoms with Gasteiger partial charge in [0.25, 0.3) is 0 Å². The lowest BCUT2D eigenvalue weighted by molar-refractivity contribution is -0.250. The Morgan fingerprint density at radius 1 is 0.644 bits per heavy atom. The Morgan fingerprint density at radius 2 is 1.13 bits per heavy atom. The molecule has 2 aromatic heterocycles. The van der Waals surface area contributed by atoms with E-state index >= 15 is 0 Å². The first kappa shape index (κ1) is 31.8. The molecule has 0 amide bonds. The fourth-order valence-electron chi connectivity index (χ4n) is 14.4. The van der Waals surface area contributed by atoms with Crippen LogP contribution in [0.25, 0.3) is 0 Å². The molecule has 10 rings (SSSR count). The van der Waals surface area contributed by atoms with Crippen molar-refractivity contribution >= 4 is 0 Å². The van der Waals surface area contributed by atoms with Crippen LogP contribution < -0.4 is 0 Å². The molecule has 8 aliphatic carbocycles. The van der Waals surface area contributed by atoms with E-state index in [1.54, 1.807) is 0 Å². The molecule has 2 N–H and O–H groups in total. The smallest absolute Gasteiger partial charge is 0.0705 e. The van der Waals surface area contributed by atoms with Gasteiger partial charge in [-0.2, -0.15) is 10.2 Å². The summed E-state index contributed by atoms with van der Waals surface area (Å²) in [5.41, 5.74) is 3.32. The van der Waals surface area contributed by atoms with Crippen molar-refractivity contribution in [2.75, 3.05) is 26.4 Å². The van der Waals surface area contributed by atoms with Crippen LogP contribution in [0.3, 0.4) is 0 Å². The first-order valence-corrected chi connectivity index (χ1v) is 17.6. The first-order chi connectivity index (χ1) is 21.2. The zero-order chi connectivity index (χ0) is 31.8. The van der Waals surface area contributed by atoms with Crippen LogP contribution in [-0.4, -0.2) is 67.4 Å². The van der Waals surface area contributed by atoms with Crippen LogP contribution in [0.4, 0.5) is 0 Å². The summed E-state index contributed by atoms with van der Waals surface area (Å²) >= 11 is 0. The lowest BCUT2D eigenvalue weighted by Gasteiger charge is -2.69. The van der Waals surface area contributed by atoms with Crippen molar-refractivity contribution in [2.24, 2.45) is 32.5 Å². The highest BCUT2D eigenvalue weighted by atomic mass is 16.5. The molecule has 8 bridgehead atoms. The Labute approximate surface area is 270 Å². The molecule has 2 aromatic rings. The Kier molecular flexibility index (Phi) is 7.52. The Hall–Kier alpha value is -1.74. The van der Waals surface area contributed by atoms with Gasteiger partial charge in [-0.3, -0.25) is 9.36 Å². The quantitative estimate of drug-likeness (QED) is 0.322. The number of hydrogen-bond acceptors (Lipinski definition) is 6. The molecule has 45 heavy (non-hydrogen) atoms. The summed E-state index contributed by atoms with van der Waals surface area (Å²) in [6.45, 7) is 15.2. The van der Waals surface area contributed by atoms with Gasteiger partial charge in [-0.1, -0.05) is 27.7 Å². The van der Waals surface area contributed by atoms with Gasteiger partial charge in [0.1, 0.15) is 0 Å². The zero-order valence-corrected chi connectivity index (χ0v) is 28.6. The molecule has 8 fully saturated rings. The van der Waals surface area contributed by atoms with Crippen LogP contribution in [0, 0.1) is 39.4 Å². The minimum absolute atomic E-state index is 0.0197. The topological polar surface area (TPSA) is 94.6 Å². The standard InChI is InChI=1S/C19H30N2O2.C18H28N2O2/c1-15-4-5-20-21(15)14-18-9-16(2)8-17(3,10-18)12-19(11-16,13-18)23-7-6-22;1-15-8-16(2)10-17(9-15,14-20-5-3-4-19-20)13-18(11-15,12-16)22-7-6-21/h4-5,22H,6-14H2,1-3H3;3-5,21H,6-14H2,1-2H3. The molecule has 8 saturated carbocycles. The highest BCUT2D eigenvalue weighted by molar-refractivity contribution is 5.18. The number of aryl methyl sites for hydroxylation is 1. The number of rotatable bonds is 10. The summed E-state index contributed by atoms with van der Waals surface area (Å²) in [4.78, 5) is 0. The molecule has 8 heteroatoms. The summed E-state index contributed by atoms with van der Waals surface area (Å²) in [5.74, 6) is 0. The second kappa shape index (κ2) is 10.6. The van der Waals surface area contributed by atoms with E-state index in [9.17, 15) is 10.2 Å². The summed E-state index contributed by atoms with van der Waals surface area (Å²) in [7, 11) is 0. The Bertz CT molecular complexity index is 1330. The first-order valence-electron chi connectivity index (χ1n) is 17.6. The van der Waals surface area contributed by atoms with E-state index in [4.69, 9.17) is 9.47 Å². The van der Waals surface area contributed by atoms with Gasteiger partial charge < -0.3 is 19.7 Å². The normalized spacial score (nSPS) is 45.6. The van der Waals surface area contributed by atoms with Crippen molar-refractivity contribution in [1.29, 1.82) is 0 Å². The van der Waals surface area contributed by atoms with Crippen LogP contribution >= 0.6 is 0 Å². The average Bonchev–Trinajstić information content (AvgIpc) is 3.53. The van der Waals surface area contributed by atoms with Crippen molar-refractivity contribution < 1.29 is 19.7 Å². The lowest BCUT2D eigenvalue weighted by atomic mass is 9.39. The third-order valence-corrected chi connectivity index (χ3v) is 12.8. The molecular weight excluding hydrogens is 564 g/mol. The van der Waals surface area contributed by atoms with Gasteiger partial charge in [-0.25, -0.2) is 0 Å². The molecule has 0 aliphatic heterocycles. The molecular formula is C37H58N4O4. The third kappa shape index (κ3) is 5.95. The number of aliphatic hydroxyl groups excluding tert-OH is 2. The second-order valence-corrected chi connectivity index (χ2v) is 18.7. The van der Waals surface area contributed by atoms with Crippen molar-refractivity contribution in [3.8, 4) is 0 Å². The molecule has 250 valence electrons. The van der Waals surface area contributed by atoms with Gasteiger partial charge in [-0.05, 0) is 129 Å². The third-order valence-electron chi connectivity index (χ3n) is 12.8. The van der Waals surface area contributed by atoms with Crippen molar-refractivity contribution in [2.45, 2.75) is 136 Å². The largest absolute Gasteiger partial charge is 0.394 e. The summed E-state index contributed by atoms with van der Waals surface area (Å²) in [5, 5.41) is 27.5. The van der Waals surface area contributed by atoms with E-state index in [2.05, 4.69) is 66.4 Å². The van der Waals surface area contributed by atoms with Crippen molar-refractivity contribution in [1.82, 2.24) is 19.6 Å². The van der Waals surface area contributed by atoms with Gasteiger partial charge in [0.15, 0.2) is 0 Å². The van der Waals surface area contributed by atoms with Crippen molar-refractivity contribution in [3.05, 3.63) is 36.4 Å². The summed E-state index contributed by atoms with van der Waals surface area (Å²) in [6.07, 6.45) is 20.6. The number of ether oxygens (including phenoxy) is 2. The lowest BCUT2D eigenvalue weighted by Crippen LogP contribution is -2.64. The summed E-state index contributed by atoms with van der Waals surface area (Å²) in [6, 6.07) is 4.12. The SMILES string of the molecule is CC12CC3(C)CC(Cn4cccn4)(C1)CC(OCCO)(C2)C3.Cc1ccnn1CC12CC3(C)CC(C)(C1)CC(OCCO)(C3)C2. The average molecular weight is 623 g/mol. The predicted octanol–water partition coefficient (Wildman–Crippen LogP) is 6.33. The number of aromatic nitrogens is 4. The van der Waals surface area contributed by atoms with E-state index in [0.717, 1.165) is 51.6 Å². The van der Waals surface area contributed by atoms with Crippen molar-refractivity contribution in [3.63, 3.8) is 0 Å². The van der Waals surface area contributed by atoms with Crippen LogP contribution in [0.5, 0.6) is 0 Å². The van der Waals surface area contributed by atoms with Crippen LogP contribution in [0.15, 0.2) is 30.7 Å². The fourth-order valence-corrected chi connectivity index (χ4v) is 14.4. The van der Waals surface area contributed by atoms with Crippen LogP contribution in [0.2, 0.25) is 0 Å². The Morgan fingerprint density at radius 3 is 1.53 bits per heavy atom. The second-order valence-electron chi connectivity index (χ2n) is 18.7. The molecule has 0 saturated heterocycles. The highest BCUT2D eigenvalue weighted by Crippen LogP contribution is 2.73. The Balaban J connectivity index is 0.000000145. The molecule has 4 atom stereocenters. The number of nitrogens with zero attached hydrogens (tertiary/aromatic N) is 4. The maximum absolute atomic E-state index is 9.27. The molecule has 8 aliphatic rings. The minimum Gasteiger partial charge on any atom is -0.394 e. The maximum atomic E-state index is 9.27. The summed E-state index contributed by atoms with van der Waals surface area (Å²) < 4.78 is 16.9. The molecule has 0 aromatic carbocycles. The van der Waals surface area contributed by atoms with Gasteiger partial charge in [0.05, 0.1) is 37.6 Å². The number of aliphatic hydroxyl groups is 2. The molecule has 4 unspecified atom stereocenters. The van der Waals surface area contributed by atoms with E-state index in [0.29, 0.717) is 45.7 Å². The predicted molar refractivity (Wildman–Crippen MR) is 173 cm³/mol.